The van der Waals surface area contributed by atoms with Crippen molar-refractivity contribution >= 4 is 34.1 Å². The van der Waals surface area contributed by atoms with E-state index in [2.05, 4.69) is 21.7 Å². The van der Waals surface area contributed by atoms with Crippen LogP contribution in [0, 0.1) is 0 Å². The van der Waals surface area contributed by atoms with Gasteiger partial charge in [-0.1, -0.05) is 29.8 Å². The standard InChI is InChI=1S/C20H18ClN3O2/c21-11-5-6-17-15(9-11)20(19(26)23-17)18-14(10-12(24-20)7-8-25)13-3-1-2-4-16(13)22-18/h1-6,9,12,22,24-25H,7-8,10H2,(H,23,26)/t12?,20-/m1/s1. The van der Waals surface area contributed by atoms with Gasteiger partial charge in [-0.2, -0.15) is 0 Å². The van der Waals surface area contributed by atoms with Gasteiger partial charge in [0.2, 0.25) is 0 Å². The Kier molecular flexibility index (Phi) is 3.41. The first-order valence-electron chi connectivity index (χ1n) is 8.73. The molecule has 0 aliphatic carbocycles. The summed E-state index contributed by atoms with van der Waals surface area (Å²) in [5.74, 6) is -0.120. The van der Waals surface area contributed by atoms with Crippen molar-refractivity contribution in [2.24, 2.45) is 0 Å². The summed E-state index contributed by atoms with van der Waals surface area (Å²) in [6.07, 6.45) is 1.33. The summed E-state index contributed by atoms with van der Waals surface area (Å²) in [6.45, 7) is 0.0649. The number of halogens is 1. The molecule has 3 heterocycles. The number of para-hydroxylation sites is 1. The molecule has 1 unspecified atom stereocenters. The largest absolute Gasteiger partial charge is 0.396 e. The molecule has 132 valence electrons. The van der Waals surface area contributed by atoms with Gasteiger partial charge in [-0.3, -0.25) is 10.1 Å². The van der Waals surface area contributed by atoms with Crippen LogP contribution < -0.4 is 10.6 Å². The highest BCUT2D eigenvalue weighted by atomic mass is 35.5. The number of anilines is 1. The molecule has 4 N–H and O–H groups in total. The van der Waals surface area contributed by atoms with Crippen LogP contribution in [0.1, 0.15) is 23.2 Å². The zero-order valence-corrected chi connectivity index (χ0v) is 14.7. The highest BCUT2D eigenvalue weighted by Gasteiger charge is 2.53. The lowest BCUT2D eigenvalue weighted by molar-refractivity contribution is -0.121. The average Bonchev–Trinajstić information content (AvgIpc) is 3.13. The van der Waals surface area contributed by atoms with Gasteiger partial charge in [-0.15, -0.1) is 0 Å². The van der Waals surface area contributed by atoms with Gasteiger partial charge in [-0.25, -0.2) is 0 Å². The monoisotopic (exact) mass is 367 g/mol. The van der Waals surface area contributed by atoms with Gasteiger partial charge in [0.1, 0.15) is 0 Å². The van der Waals surface area contributed by atoms with Gasteiger partial charge in [0.05, 0.1) is 5.69 Å². The predicted molar refractivity (Wildman–Crippen MR) is 101 cm³/mol. The average molecular weight is 368 g/mol. The lowest BCUT2D eigenvalue weighted by atomic mass is 9.79. The first kappa shape index (κ1) is 15.9. The van der Waals surface area contributed by atoms with E-state index in [-0.39, 0.29) is 18.6 Å². The molecule has 1 aromatic heterocycles. The van der Waals surface area contributed by atoms with Gasteiger partial charge < -0.3 is 15.4 Å². The number of H-pyrrole nitrogens is 1. The molecule has 3 aromatic rings. The number of carbonyl (C=O) groups is 1. The van der Waals surface area contributed by atoms with Crippen LogP contribution in [-0.4, -0.2) is 28.6 Å². The number of hydrogen-bond acceptors (Lipinski definition) is 3. The maximum Gasteiger partial charge on any atom is 0.255 e. The van der Waals surface area contributed by atoms with Crippen LogP contribution in [0.2, 0.25) is 5.02 Å². The fraction of sp³-hybridized carbons (Fsp3) is 0.250. The summed E-state index contributed by atoms with van der Waals surface area (Å²) >= 11 is 6.26. The van der Waals surface area contributed by atoms with Crippen molar-refractivity contribution in [1.29, 1.82) is 0 Å². The molecule has 0 saturated carbocycles. The molecular weight excluding hydrogens is 350 g/mol. The quantitative estimate of drug-likeness (QED) is 0.562. The van der Waals surface area contributed by atoms with Gasteiger partial charge in [0.25, 0.3) is 5.91 Å². The van der Waals surface area contributed by atoms with Crippen LogP contribution in [0.5, 0.6) is 0 Å². The van der Waals surface area contributed by atoms with Crippen LogP contribution >= 0.6 is 11.6 Å². The fourth-order valence-electron chi connectivity index (χ4n) is 4.40. The first-order chi connectivity index (χ1) is 12.6. The maximum absolute atomic E-state index is 13.2. The van der Waals surface area contributed by atoms with E-state index in [0.29, 0.717) is 11.4 Å². The Labute approximate surface area is 155 Å². The topological polar surface area (TPSA) is 77.2 Å². The molecule has 2 aliphatic heterocycles. The van der Waals surface area contributed by atoms with Crippen molar-refractivity contribution in [3.05, 3.63) is 64.3 Å². The maximum atomic E-state index is 13.2. The van der Waals surface area contributed by atoms with E-state index in [9.17, 15) is 9.90 Å². The van der Waals surface area contributed by atoms with Crippen LogP contribution in [0.4, 0.5) is 5.69 Å². The molecule has 0 radical (unpaired) electrons. The first-order valence-corrected chi connectivity index (χ1v) is 9.11. The van der Waals surface area contributed by atoms with Crippen molar-refractivity contribution in [3.8, 4) is 0 Å². The van der Waals surface area contributed by atoms with Crippen molar-refractivity contribution in [1.82, 2.24) is 10.3 Å². The molecule has 0 fully saturated rings. The van der Waals surface area contributed by atoms with Crippen molar-refractivity contribution in [3.63, 3.8) is 0 Å². The van der Waals surface area contributed by atoms with E-state index in [4.69, 9.17) is 11.6 Å². The Morgan fingerprint density at radius 2 is 2.08 bits per heavy atom. The number of aliphatic hydroxyl groups is 1. The van der Waals surface area contributed by atoms with Gasteiger partial charge in [0.15, 0.2) is 5.54 Å². The molecule has 5 rings (SSSR count). The number of rotatable bonds is 2. The summed E-state index contributed by atoms with van der Waals surface area (Å²) < 4.78 is 0. The van der Waals surface area contributed by atoms with Crippen molar-refractivity contribution in [2.75, 3.05) is 11.9 Å². The predicted octanol–water partition coefficient (Wildman–Crippen LogP) is 2.91. The molecule has 2 atom stereocenters. The van der Waals surface area contributed by atoms with Crippen LogP contribution in [0.3, 0.4) is 0 Å². The Morgan fingerprint density at radius 3 is 2.92 bits per heavy atom. The van der Waals surface area contributed by atoms with Crippen molar-refractivity contribution in [2.45, 2.75) is 24.4 Å². The number of fused-ring (bicyclic) bond motifs is 6. The molecule has 1 spiro atoms. The van der Waals surface area contributed by atoms with Gasteiger partial charge in [0, 0.05) is 39.8 Å². The summed E-state index contributed by atoms with van der Waals surface area (Å²) in [5, 5.41) is 17.7. The smallest absolute Gasteiger partial charge is 0.255 e. The van der Waals surface area contributed by atoms with E-state index in [1.54, 1.807) is 6.07 Å². The fourth-order valence-corrected chi connectivity index (χ4v) is 4.58. The normalized spacial score (nSPS) is 23.9. The summed E-state index contributed by atoms with van der Waals surface area (Å²) in [7, 11) is 0. The summed E-state index contributed by atoms with van der Waals surface area (Å²) in [5.41, 5.74) is 3.57. The third kappa shape index (κ3) is 2.02. The second-order valence-corrected chi connectivity index (χ2v) is 7.41. The van der Waals surface area contributed by atoms with Crippen LogP contribution in [-0.2, 0) is 16.8 Å². The number of aromatic nitrogens is 1. The minimum absolute atomic E-state index is 0.0117. The molecule has 2 aliphatic rings. The third-order valence-corrected chi connectivity index (χ3v) is 5.75. The number of benzene rings is 2. The number of carbonyl (C=O) groups excluding carboxylic acids is 1. The highest BCUT2D eigenvalue weighted by Crippen LogP contribution is 2.47. The Bertz CT molecular complexity index is 1040. The number of aliphatic hydroxyl groups excluding tert-OH is 1. The second kappa shape index (κ2) is 5.58. The molecule has 26 heavy (non-hydrogen) atoms. The Morgan fingerprint density at radius 1 is 1.23 bits per heavy atom. The molecule has 0 bridgehead atoms. The molecular formula is C20H18ClN3O2. The zero-order chi connectivity index (χ0) is 17.9. The van der Waals surface area contributed by atoms with Gasteiger partial charge >= 0.3 is 0 Å². The zero-order valence-electron chi connectivity index (χ0n) is 14.0. The van der Waals surface area contributed by atoms with E-state index < -0.39 is 5.54 Å². The van der Waals surface area contributed by atoms with E-state index in [0.717, 1.165) is 39.8 Å². The third-order valence-electron chi connectivity index (χ3n) is 5.51. The van der Waals surface area contributed by atoms with Crippen LogP contribution in [0.25, 0.3) is 10.9 Å². The number of nitrogens with one attached hydrogen (secondary N) is 3. The minimum Gasteiger partial charge on any atom is -0.396 e. The van der Waals surface area contributed by atoms with E-state index >= 15 is 0 Å². The molecule has 1 amide bonds. The lowest BCUT2D eigenvalue weighted by Gasteiger charge is -2.38. The Hall–Kier alpha value is -2.34. The molecule has 6 heteroatoms. The number of aromatic amines is 1. The van der Waals surface area contributed by atoms with Crippen LogP contribution in [0.15, 0.2) is 42.5 Å². The number of amides is 1. The molecule has 0 saturated heterocycles. The van der Waals surface area contributed by atoms with E-state index in [1.165, 1.54) is 0 Å². The molecule has 5 nitrogen and oxygen atoms in total. The Balaban J connectivity index is 1.82. The van der Waals surface area contributed by atoms with Crippen molar-refractivity contribution < 1.29 is 9.90 Å². The SMILES string of the molecule is O=C1Nc2ccc(Cl)cc2[C@]12NC(CCO)Cc1c2[nH]c2ccccc12. The van der Waals surface area contributed by atoms with E-state index in [1.807, 2.05) is 30.3 Å². The highest BCUT2D eigenvalue weighted by molar-refractivity contribution is 6.31. The molecule has 2 aromatic carbocycles. The summed E-state index contributed by atoms with van der Waals surface area (Å²) in [6, 6.07) is 13.5. The number of hydrogen-bond donors (Lipinski definition) is 4. The van der Waals surface area contributed by atoms with Gasteiger partial charge in [-0.05, 0) is 42.7 Å². The second-order valence-electron chi connectivity index (χ2n) is 6.98. The summed E-state index contributed by atoms with van der Waals surface area (Å²) in [4.78, 5) is 16.7. The lowest BCUT2D eigenvalue weighted by Crippen LogP contribution is -2.57. The minimum atomic E-state index is -1.02.